The smallest absolute Gasteiger partial charge is 0.300 e. The van der Waals surface area contributed by atoms with Gasteiger partial charge in [-0.2, -0.15) is 26.3 Å². The molecule has 0 bridgehead atoms. The fraction of sp³-hybridized carbons (Fsp3) is 0.333. The van der Waals surface area contributed by atoms with Gasteiger partial charge in [0.05, 0.1) is 0 Å². The molecule has 1 aromatic rings. The van der Waals surface area contributed by atoms with Crippen molar-refractivity contribution >= 4 is 23.7 Å². The summed E-state index contributed by atoms with van der Waals surface area (Å²) >= 11 is 5.40. The molecule has 0 heterocycles. The van der Waals surface area contributed by atoms with Gasteiger partial charge in [-0.25, -0.2) is 4.39 Å². The summed E-state index contributed by atoms with van der Waals surface area (Å²) in [5.41, 5.74) is -1.04. The summed E-state index contributed by atoms with van der Waals surface area (Å²) in [6.45, 7) is 0. The Hall–Kier alpha value is -1.64. The topological polar surface area (TPSA) is 34.1 Å². The molecule has 22 heavy (non-hydrogen) atoms. The van der Waals surface area contributed by atoms with Crippen molar-refractivity contribution in [1.29, 1.82) is 0 Å². The van der Waals surface area contributed by atoms with E-state index < -0.39 is 41.6 Å². The molecule has 2 nitrogen and oxygen atoms in total. The first-order valence-corrected chi connectivity index (χ1v) is 5.80. The Morgan fingerprint density at radius 2 is 1.50 bits per heavy atom. The van der Waals surface area contributed by atoms with E-state index in [1.54, 1.807) is 0 Å². The van der Waals surface area contributed by atoms with Gasteiger partial charge < -0.3 is 0 Å². The lowest BCUT2D eigenvalue weighted by molar-refractivity contribution is -0.301. The average Bonchev–Trinajstić information content (AvgIpc) is 2.45. The van der Waals surface area contributed by atoms with Crippen LogP contribution in [0.4, 0.5) is 30.7 Å². The van der Waals surface area contributed by atoms with Gasteiger partial charge in [-0.3, -0.25) is 9.59 Å². The minimum Gasteiger partial charge on any atom is -0.300 e. The predicted octanol–water partition coefficient (Wildman–Crippen LogP) is 3.97. The van der Waals surface area contributed by atoms with Gasteiger partial charge in [0.2, 0.25) is 12.0 Å². The Balaban J connectivity index is 3.28. The minimum atomic E-state index is -6.42. The summed E-state index contributed by atoms with van der Waals surface area (Å²) in [7, 11) is 0. The second-order valence-corrected chi connectivity index (χ2v) is 4.58. The average molecular weight is 351 g/mol. The number of hydrogen-bond acceptors (Lipinski definition) is 2. The number of halogens is 8. The summed E-state index contributed by atoms with van der Waals surface area (Å²) in [4.78, 5) is 21.2. The van der Waals surface area contributed by atoms with Crippen molar-refractivity contribution in [2.45, 2.75) is 23.9 Å². The van der Waals surface area contributed by atoms with Crippen LogP contribution in [-0.4, -0.2) is 36.0 Å². The molecule has 0 aliphatic rings. The highest BCUT2D eigenvalue weighted by Gasteiger charge is 2.77. The monoisotopic (exact) mass is 350 g/mol. The van der Waals surface area contributed by atoms with Crippen molar-refractivity contribution in [3.8, 4) is 0 Å². The van der Waals surface area contributed by atoms with Crippen LogP contribution in [0.15, 0.2) is 24.3 Å². The Morgan fingerprint density at radius 1 is 1.05 bits per heavy atom. The normalized spacial score (nSPS) is 14.5. The quantitative estimate of drug-likeness (QED) is 0.442. The zero-order valence-corrected chi connectivity index (χ0v) is 11.1. The SMILES string of the molecule is O=CC(F)C(F)(F)C(F)(F)C(F)(F)C(=O)c1ccc(Cl)cc1. The molecule has 0 saturated carbocycles. The number of carbonyl (C=O) groups is 2. The molecular weight excluding hydrogens is 345 g/mol. The molecule has 0 saturated heterocycles. The lowest BCUT2D eigenvalue weighted by Gasteiger charge is -2.32. The zero-order chi connectivity index (χ0) is 17.3. The molecule has 0 aliphatic heterocycles. The summed E-state index contributed by atoms with van der Waals surface area (Å²) in [5, 5.41) is -0.0262. The van der Waals surface area contributed by atoms with E-state index in [-0.39, 0.29) is 5.02 Å². The third-order valence-corrected chi connectivity index (χ3v) is 2.92. The van der Waals surface area contributed by atoms with Crippen molar-refractivity contribution in [3.05, 3.63) is 34.9 Å². The number of alkyl halides is 7. The van der Waals surface area contributed by atoms with Crippen LogP contribution in [0.25, 0.3) is 0 Å². The number of Topliss-reactive ketones (excluding diaryl/α,β-unsaturated/α-hetero) is 1. The minimum absolute atomic E-state index is 0.0262. The maximum absolute atomic E-state index is 13.5. The van der Waals surface area contributed by atoms with Gasteiger partial charge in [0, 0.05) is 10.6 Å². The van der Waals surface area contributed by atoms with Crippen molar-refractivity contribution in [1.82, 2.24) is 0 Å². The predicted molar refractivity (Wildman–Crippen MR) is 61.6 cm³/mol. The van der Waals surface area contributed by atoms with Crippen LogP contribution in [0, 0.1) is 0 Å². The molecular formula is C12H6ClF7O2. The van der Waals surface area contributed by atoms with Crippen molar-refractivity contribution in [2.75, 3.05) is 0 Å². The second kappa shape index (κ2) is 5.86. The summed E-state index contributed by atoms with van der Waals surface area (Å²) in [6.07, 6.45) is -5.46. The molecule has 1 atom stereocenters. The molecule has 0 radical (unpaired) electrons. The van der Waals surface area contributed by atoms with Crippen molar-refractivity contribution in [3.63, 3.8) is 0 Å². The summed E-state index contributed by atoms with van der Waals surface area (Å²) in [5.74, 6) is -21.1. The van der Waals surface area contributed by atoms with Crippen LogP contribution in [0.5, 0.6) is 0 Å². The van der Waals surface area contributed by atoms with Crippen LogP contribution in [-0.2, 0) is 4.79 Å². The Labute approximate surface area is 123 Å². The lowest BCUT2D eigenvalue weighted by atomic mass is 9.94. The van der Waals surface area contributed by atoms with E-state index in [2.05, 4.69) is 0 Å². The van der Waals surface area contributed by atoms with Gasteiger partial charge in [-0.1, -0.05) is 11.6 Å². The Kier molecular flexibility index (Phi) is 4.91. The van der Waals surface area contributed by atoms with E-state index in [1.165, 1.54) is 0 Å². The van der Waals surface area contributed by atoms with Crippen LogP contribution in [0.2, 0.25) is 5.02 Å². The first-order chi connectivity index (χ1) is 9.89. The number of rotatable bonds is 6. The maximum Gasteiger partial charge on any atom is 0.383 e. The van der Waals surface area contributed by atoms with Crippen LogP contribution >= 0.6 is 11.6 Å². The molecule has 0 spiro atoms. The first-order valence-electron chi connectivity index (χ1n) is 5.42. The van der Waals surface area contributed by atoms with Crippen LogP contribution in [0.1, 0.15) is 10.4 Å². The van der Waals surface area contributed by atoms with E-state index in [4.69, 9.17) is 11.6 Å². The molecule has 0 aromatic heterocycles. The number of ketones is 1. The highest BCUT2D eigenvalue weighted by atomic mass is 35.5. The van der Waals surface area contributed by atoms with E-state index in [0.29, 0.717) is 12.1 Å². The highest BCUT2D eigenvalue weighted by Crippen LogP contribution is 2.49. The Morgan fingerprint density at radius 3 is 1.91 bits per heavy atom. The third kappa shape index (κ3) is 2.81. The highest BCUT2D eigenvalue weighted by molar-refractivity contribution is 6.30. The number of benzene rings is 1. The number of hydrogen-bond donors (Lipinski definition) is 0. The first kappa shape index (κ1) is 18.4. The molecule has 1 unspecified atom stereocenters. The van der Waals surface area contributed by atoms with Gasteiger partial charge in [0.25, 0.3) is 0 Å². The lowest BCUT2D eigenvalue weighted by Crippen LogP contribution is -2.61. The van der Waals surface area contributed by atoms with Gasteiger partial charge >= 0.3 is 17.8 Å². The molecule has 0 fully saturated rings. The van der Waals surface area contributed by atoms with E-state index in [9.17, 15) is 40.3 Å². The Bertz CT molecular complexity index is 571. The fourth-order valence-corrected chi connectivity index (χ4v) is 1.52. The maximum atomic E-state index is 13.5. The molecule has 0 N–H and O–H groups in total. The summed E-state index contributed by atoms with van der Waals surface area (Å²) in [6, 6.07) is 3.01. The molecule has 10 heteroatoms. The van der Waals surface area contributed by atoms with Gasteiger partial charge in [-0.15, -0.1) is 0 Å². The second-order valence-electron chi connectivity index (χ2n) is 4.15. The van der Waals surface area contributed by atoms with Crippen molar-refractivity contribution < 1.29 is 40.3 Å². The van der Waals surface area contributed by atoms with Gasteiger partial charge in [0.1, 0.15) is 0 Å². The molecule has 1 rings (SSSR count). The molecule has 0 amide bonds. The van der Waals surface area contributed by atoms with Gasteiger partial charge in [0.15, 0.2) is 6.29 Å². The summed E-state index contributed by atoms with van der Waals surface area (Å²) < 4.78 is 92.2. The van der Waals surface area contributed by atoms with Crippen LogP contribution < -0.4 is 0 Å². The van der Waals surface area contributed by atoms with Crippen LogP contribution in [0.3, 0.4) is 0 Å². The third-order valence-electron chi connectivity index (χ3n) is 2.67. The molecule has 0 aliphatic carbocycles. The van der Waals surface area contributed by atoms with Gasteiger partial charge in [-0.05, 0) is 24.3 Å². The largest absolute Gasteiger partial charge is 0.383 e. The number of carbonyl (C=O) groups excluding carboxylic acids is 2. The zero-order valence-electron chi connectivity index (χ0n) is 10.3. The van der Waals surface area contributed by atoms with E-state index >= 15 is 0 Å². The standard InChI is InChI=1S/C12H6ClF7O2/c13-7-3-1-6(2-4-7)9(22)11(17,18)12(19,20)10(15,16)8(14)5-21/h1-5,8H. The van der Waals surface area contributed by atoms with E-state index in [1.807, 2.05) is 0 Å². The van der Waals surface area contributed by atoms with E-state index in [0.717, 1.165) is 12.1 Å². The molecule has 122 valence electrons. The fourth-order valence-electron chi connectivity index (χ4n) is 1.39. The number of aldehydes is 1. The van der Waals surface area contributed by atoms with Crippen molar-refractivity contribution in [2.24, 2.45) is 0 Å². The molecule has 1 aromatic carbocycles.